The van der Waals surface area contributed by atoms with Gasteiger partial charge in [-0.1, -0.05) is 17.4 Å². The van der Waals surface area contributed by atoms with Gasteiger partial charge in [-0.2, -0.15) is 0 Å². The Bertz CT molecular complexity index is 416. The average molecular weight is 263 g/mol. The van der Waals surface area contributed by atoms with Crippen LogP contribution in [0, 0.1) is 0 Å². The molecule has 0 amide bonds. The number of hydrogen-bond acceptors (Lipinski definition) is 4. The van der Waals surface area contributed by atoms with Gasteiger partial charge in [0, 0.05) is 37.9 Å². The molecule has 0 atom stereocenters. The van der Waals surface area contributed by atoms with E-state index in [0.717, 1.165) is 44.8 Å². The molecule has 0 aliphatic carbocycles. The predicted molar refractivity (Wildman–Crippen MR) is 76.8 cm³/mol. The van der Waals surface area contributed by atoms with Crippen molar-refractivity contribution in [2.24, 2.45) is 0 Å². The highest BCUT2D eigenvalue weighted by atomic mass is 15.4. The second-order valence-electron chi connectivity index (χ2n) is 6.14. The van der Waals surface area contributed by atoms with Crippen LogP contribution >= 0.6 is 0 Å². The van der Waals surface area contributed by atoms with Crippen molar-refractivity contribution in [1.82, 2.24) is 25.2 Å². The summed E-state index contributed by atoms with van der Waals surface area (Å²) in [5.41, 5.74) is 1.12. The van der Waals surface area contributed by atoms with Gasteiger partial charge in [0.25, 0.3) is 0 Å². The van der Waals surface area contributed by atoms with E-state index in [4.69, 9.17) is 0 Å². The highest BCUT2D eigenvalue weighted by molar-refractivity contribution is 4.94. The van der Waals surface area contributed by atoms with Crippen LogP contribution in [0.3, 0.4) is 0 Å². The summed E-state index contributed by atoms with van der Waals surface area (Å²) in [6.07, 6.45) is 7.70. The maximum atomic E-state index is 4.20. The second kappa shape index (κ2) is 6.30. The van der Waals surface area contributed by atoms with Crippen LogP contribution in [0.15, 0.2) is 18.3 Å². The standard InChI is InChI=1S/C14H25N5/c1-14(2,3)15-11-13-12-19(17-16-13)10-9-18-7-5-4-6-8-18/h4-5,12,15H,6-11H2,1-3H3. The fraction of sp³-hybridized carbons (Fsp3) is 0.714. The van der Waals surface area contributed by atoms with Gasteiger partial charge < -0.3 is 5.32 Å². The molecule has 0 aromatic carbocycles. The minimum Gasteiger partial charge on any atom is -0.306 e. The first-order chi connectivity index (χ1) is 9.03. The van der Waals surface area contributed by atoms with Crippen molar-refractivity contribution in [3.05, 3.63) is 24.0 Å². The first kappa shape index (κ1) is 14.2. The molecule has 0 fully saturated rings. The Morgan fingerprint density at radius 2 is 2.11 bits per heavy atom. The van der Waals surface area contributed by atoms with Crippen LogP contribution in [0.5, 0.6) is 0 Å². The lowest BCUT2D eigenvalue weighted by Gasteiger charge is -2.22. The van der Waals surface area contributed by atoms with Crippen LogP contribution in [0.4, 0.5) is 0 Å². The molecule has 0 saturated heterocycles. The lowest BCUT2D eigenvalue weighted by Crippen LogP contribution is -2.35. The largest absolute Gasteiger partial charge is 0.306 e. The predicted octanol–water partition coefficient (Wildman–Crippen LogP) is 1.43. The summed E-state index contributed by atoms with van der Waals surface area (Å²) >= 11 is 0. The number of nitrogens with one attached hydrogen (secondary N) is 1. The van der Waals surface area contributed by atoms with E-state index in [1.54, 1.807) is 0 Å². The third-order valence-corrected chi connectivity index (χ3v) is 3.17. The SMILES string of the molecule is CC(C)(C)NCc1cn(CCN2CC=CCC2)nn1. The molecule has 1 aromatic heterocycles. The van der Waals surface area contributed by atoms with Gasteiger partial charge in [0.1, 0.15) is 0 Å². The Balaban J connectivity index is 1.75. The first-order valence-corrected chi connectivity index (χ1v) is 7.04. The molecule has 19 heavy (non-hydrogen) atoms. The molecule has 2 rings (SSSR count). The van der Waals surface area contributed by atoms with Crippen molar-refractivity contribution >= 4 is 0 Å². The maximum absolute atomic E-state index is 4.20. The number of aromatic nitrogens is 3. The van der Waals surface area contributed by atoms with E-state index < -0.39 is 0 Å². The molecule has 2 heterocycles. The van der Waals surface area contributed by atoms with Crippen LogP contribution in [0.1, 0.15) is 32.9 Å². The summed E-state index contributed by atoms with van der Waals surface area (Å²) in [6.45, 7) is 11.4. The Labute approximate surface area is 115 Å². The van der Waals surface area contributed by atoms with Gasteiger partial charge in [0.05, 0.1) is 12.2 Å². The van der Waals surface area contributed by atoms with Gasteiger partial charge in [-0.05, 0) is 27.2 Å². The molecule has 0 radical (unpaired) electrons. The molecule has 1 N–H and O–H groups in total. The van der Waals surface area contributed by atoms with Crippen LogP contribution in [0.2, 0.25) is 0 Å². The van der Waals surface area contributed by atoms with Crippen LogP contribution in [0.25, 0.3) is 0 Å². The van der Waals surface area contributed by atoms with E-state index in [2.05, 4.69) is 53.5 Å². The van der Waals surface area contributed by atoms with Gasteiger partial charge in [0.15, 0.2) is 0 Å². The Morgan fingerprint density at radius 1 is 1.26 bits per heavy atom. The molecule has 5 nitrogen and oxygen atoms in total. The zero-order valence-electron chi connectivity index (χ0n) is 12.3. The summed E-state index contributed by atoms with van der Waals surface area (Å²) in [5, 5.41) is 11.8. The van der Waals surface area contributed by atoms with Crippen molar-refractivity contribution in [2.45, 2.75) is 45.8 Å². The average Bonchev–Trinajstić information content (AvgIpc) is 2.82. The van der Waals surface area contributed by atoms with Gasteiger partial charge in [0.2, 0.25) is 0 Å². The summed E-state index contributed by atoms with van der Waals surface area (Å²) in [6, 6.07) is 0. The minimum absolute atomic E-state index is 0.115. The zero-order chi connectivity index (χ0) is 13.7. The molecule has 106 valence electrons. The van der Waals surface area contributed by atoms with Crippen LogP contribution in [-0.4, -0.2) is 45.1 Å². The van der Waals surface area contributed by atoms with Crippen molar-refractivity contribution in [3.8, 4) is 0 Å². The fourth-order valence-corrected chi connectivity index (χ4v) is 2.02. The molecular weight excluding hydrogens is 238 g/mol. The first-order valence-electron chi connectivity index (χ1n) is 7.04. The Kier molecular flexibility index (Phi) is 4.71. The van der Waals surface area contributed by atoms with Crippen LogP contribution in [-0.2, 0) is 13.1 Å². The highest BCUT2D eigenvalue weighted by Crippen LogP contribution is 2.03. The third-order valence-electron chi connectivity index (χ3n) is 3.17. The third kappa shape index (κ3) is 5.12. The lowest BCUT2D eigenvalue weighted by molar-refractivity contribution is 0.280. The zero-order valence-corrected chi connectivity index (χ0v) is 12.3. The maximum Gasteiger partial charge on any atom is 0.0965 e. The molecule has 1 aromatic rings. The van der Waals surface area contributed by atoms with Gasteiger partial charge >= 0.3 is 0 Å². The molecular formula is C14H25N5. The normalized spacial score (nSPS) is 17.0. The smallest absolute Gasteiger partial charge is 0.0965 e. The number of hydrogen-bond donors (Lipinski definition) is 1. The fourth-order valence-electron chi connectivity index (χ4n) is 2.02. The molecule has 0 spiro atoms. The van der Waals surface area contributed by atoms with E-state index >= 15 is 0 Å². The van der Waals surface area contributed by atoms with Crippen molar-refractivity contribution < 1.29 is 0 Å². The van der Waals surface area contributed by atoms with E-state index in [9.17, 15) is 0 Å². The molecule has 1 aliphatic rings. The van der Waals surface area contributed by atoms with E-state index in [1.165, 1.54) is 0 Å². The van der Waals surface area contributed by atoms with Gasteiger partial charge in [-0.3, -0.25) is 9.58 Å². The van der Waals surface area contributed by atoms with E-state index in [1.807, 2.05) is 10.9 Å². The Hall–Kier alpha value is -1.20. The van der Waals surface area contributed by atoms with E-state index in [0.29, 0.717) is 0 Å². The van der Waals surface area contributed by atoms with Crippen LogP contribution < -0.4 is 5.32 Å². The van der Waals surface area contributed by atoms with Gasteiger partial charge in [-0.25, -0.2) is 0 Å². The van der Waals surface area contributed by atoms with Crippen molar-refractivity contribution in [3.63, 3.8) is 0 Å². The minimum atomic E-state index is 0.115. The molecule has 0 saturated carbocycles. The molecule has 0 unspecified atom stereocenters. The van der Waals surface area contributed by atoms with Crippen molar-refractivity contribution in [2.75, 3.05) is 19.6 Å². The summed E-state index contributed by atoms with van der Waals surface area (Å²) in [5.74, 6) is 0. The summed E-state index contributed by atoms with van der Waals surface area (Å²) in [7, 11) is 0. The monoisotopic (exact) mass is 263 g/mol. The molecule has 5 heteroatoms. The quantitative estimate of drug-likeness (QED) is 0.816. The molecule has 0 bridgehead atoms. The number of rotatable bonds is 5. The van der Waals surface area contributed by atoms with E-state index in [-0.39, 0.29) is 5.54 Å². The highest BCUT2D eigenvalue weighted by Gasteiger charge is 2.10. The topological polar surface area (TPSA) is 46.0 Å². The second-order valence-corrected chi connectivity index (χ2v) is 6.14. The number of nitrogens with zero attached hydrogens (tertiary/aromatic N) is 4. The lowest BCUT2D eigenvalue weighted by atomic mass is 10.1. The Morgan fingerprint density at radius 3 is 2.79 bits per heavy atom. The molecule has 1 aliphatic heterocycles. The van der Waals surface area contributed by atoms with Crippen molar-refractivity contribution in [1.29, 1.82) is 0 Å². The summed E-state index contributed by atoms with van der Waals surface area (Å²) in [4.78, 5) is 2.44. The van der Waals surface area contributed by atoms with Gasteiger partial charge in [-0.15, -0.1) is 5.10 Å². The summed E-state index contributed by atoms with van der Waals surface area (Å²) < 4.78 is 1.94.